The number of nitrogens with one attached hydrogen (secondary N) is 1. The van der Waals surface area contributed by atoms with Crippen LogP contribution in [0.25, 0.3) is 16.7 Å². The molecular formula is C29H25BrF6N6O2. The van der Waals surface area contributed by atoms with Gasteiger partial charge in [-0.3, -0.25) is 9.59 Å². The number of benzene rings is 2. The highest BCUT2D eigenvalue weighted by Crippen LogP contribution is 2.36. The SMILES string of the molecule is C=C[C@H](C)Nc1nc2c(c(=O)n1-c1ccc3c(c1)ncn3CC(F)(F)F)C[C@@H](C)N(C(=O)c1ccc(Br)c(C(F)(F)F)c1)C2. The number of carbonyl (C=O) groups is 1. The van der Waals surface area contributed by atoms with Gasteiger partial charge < -0.3 is 14.8 Å². The molecule has 4 aromatic rings. The van der Waals surface area contributed by atoms with Gasteiger partial charge in [0.2, 0.25) is 5.95 Å². The van der Waals surface area contributed by atoms with E-state index in [-0.39, 0.29) is 51.7 Å². The van der Waals surface area contributed by atoms with Crippen LogP contribution in [-0.2, 0) is 25.7 Å². The van der Waals surface area contributed by atoms with Crippen LogP contribution in [0.1, 0.15) is 41.0 Å². The van der Waals surface area contributed by atoms with Crippen molar-refractivity contribution in [2.24, 2.45) is 0 Å². The second kappa shape index (κ2) is 11.4. The third-order valence-corrected chi connectivity index (χ3v) is 8.01. The number of fused-ring (bicyclic) bond motifs is 2. The van der Waals surface area contributed by atoms with Crippen molar-refractivity contribution in [2.45, 2.75) is 57.8 Å². The van der Waals surface area contributed by atoms with Crippen molar-refractivity contribution >= 4 is 38.8 Å². The Morgan fingerprint density at radius 1 is 1.18 bits per heavy atom. The third-order valence-electron chi connectivity index (χ3n) is 7.32. The number of halogens is 7. The molecule has 8 nitrogen and oxygen atoms in total. The quantitative estimate of drug-likeness (QED) is 0.186. The first-order valence-electron chi connectivity index (χ1n) is 13.3. The molecule has 3 heterocycles. The molecule has 1 aliphatic heterocycles. The number of nitrogens with zero attached hydrogens (tertiary/aromatic N) is 5. The molecule has 232 valence electrons. The molecule has 2 aromatic heterocycles. The lowest BCUT2D eigenvalue weighted by Gasteiger charge is -2.35. The van der Waals surface area contributed by atoms with Gasteiger partial charge in [-0.2, -0.15) is 26.3 Å². The molecule has 0 aliphatic carbocycles. The summed E-state index contributed by atoms with van der Waals surface area (Å²) in [5.74, 6) is -0.568. The van der Waals surface area contributed by atoms with Crippen LogP contribution in [0.3, 0.4) is 0 Å². The van der Waals surface area contributed by atoms with Crippen molar-refractivity contribution in [3.63, 3.8) is 0 Å². The Labute approximate surface area is 255 Å². The van der Waals surface area contributed by atoms with Gasteiger partial charge in [-0.1, -0.05) is 22.0 Å². The summed E-state index contributed by atoms with van der Waals surface area (Å²) < 4.78 is 81.6. The standard InChI is InChI=1S/C29H25BrF6N6O2/c1-4-15(2)38-27-39-23-12-41(25(43)17-5-7-21(30)20(10-17)29(34,35)36)16(3)9-19(23)26(44)42(27)18-6-8-24-22(11-18)37-14-40(24)13-28(31,32)33/h4-8,10-11,14-16H,1,9,12-13H2,2-3H3,(H,38,39)/t15-,16+/m0/s1. The summed E-state index contributed by atoms with van der Waals surface area (Å²) in [5.41, 5.74) is -0.298. The zero-order valence-corrected chi connectivity index (χ0v) is 24.9. The van der Waals surface area contributed by atoms with E-state index in [0.29, 0.717) is 11.3 Å². The summed E-state index contributed by atoms with van der Waals surface area (Å²) in [6, 6.07) is 6.71. The first kappa shape index (κ1) is 31.3. The number of aromatic nitrogens is 4. The average molecular weight is 683 g/mol. The summed E-state index contributed by atoms with van der Waals surface area (Å²) in [6.45, 7) is 5.81. The van der Waals surface area contributed by atoms with Gasteiger partial charge in [0.1, 0.15) is 6.54 Å². The van der Waals surface area contributed by atoms with Gasteiger partial charge in [-0.25, -0.2) is 14.5 Å². The molecule has 44 heavy (non-hydrogen) atoms. The van der Waals surface area contributed by atoms with Gasteiger partial charge in [-0.15, -0.1) is 6.58 Å². The fourth-order valence-corrected chi connectivity index (χ4v) is 5.55. The van der Waals surface area contributed by atoms with Crippen molar-refractivity contribution in [2.75, 3.05) is 5.32 Å². The maximum Gasteiger partial charge on any atom is 0.417 e. The molecule has 1 N–H and O–H groups in total. The van der Waals surface area contributed by atoms with E-state index in [9.17, 15) is 35.9 Å². The number of hydrogen-bond acceptors (Lipinski definition) is 5. The molecule has 0 saturated carbocycles. The Kier molecular flexibility index (Phi) is 8.12. The van der Waals surface area contributed by atoms with Crippen molar-refractivity contribution in [1.82, 2.24) is 24.0 Å². The number of alkyl halides is 6. The molecule has 1 aliphatic rings. The van der Waals surface area contributed by atoms with Crippen LogP contribution in [0.5, 0.6) is 0 Å². The molecule has 0 bridgehead atoms. The highest BCUT2D eigenvalue weighted by atomic mass is 79.9. The second-order valence-corrected chi connectivity index (χ2v) is 11.4. The molecule has 0 radical (unpaired) electrons. The topological polar surface area (TPSA) is 85.1 Å². The summed E-state index contributed by atoms with van der Waals surface area (Å²) in [4.78, 5) is 37.5. The normalized spacial score (nSPS) is 16.1. The number of imidazole rings is 1. The minimum absolute atomic E-state index is 0.0648. The molecule has 5 rings (SSSR count). The van der Waals surface area contributed by atoms with E-state index in [1.54, 1.807) is 19.9 Å². The Morgan fingerprint density at radius 2 is 1.91 bits per heavy atom. The summed E-state index contributed by atoms with van der Waals surface area (Å²) >= 11 is 2.88. The zero-order valence-electron chi connectivity index (χ0n) is 23.3. The van der Waals surface area contributed by atoms with Crippen LogP contribution in [0.2, 0.25) is 0 Å². The minimum atomic E-state index is -4.68. The van der Waals surface area contributed by atoms with Gasteiger partial charge in [0, 0.05) is 27.7 Å². The van der Waals surface area contributed by atoms with Crippen LogP contribution < -0.4 is 10.9 Å². The number of hydrogen-bond donors (Lipinski definition) is 1. The molecule has 0 fully saturated rings. The predicted octanol–water partition coefficient (Wildman–Crippen LogP) is 6.50. The number of rotatable bonds is 6. The van der Waals surface area contributed by atoms with Crippen molar-refractivity contribution < 1.29 is 31.1 Å². The highest BCUT2D eigenvalue weighted by molar-refractivity contribution is 9.10. The van der Waals surface area contributed by atoms with Gasteiger partial charge in [0.25, 0.3) is 11.5 Å². The van der Waals surface area contributed by atoms with Gasteiger partial charge in [0.05, 0.1) is 40.9 Å². The Balaban J connectivity index is 1.56. The molecule has 0 spiro atoms. The predicted molar refractivity (Wildman–Crippen MR) is 155 cm³/mol. The van der Waals surface area contributed by atoms with Gasteiger partial charge in [-0.05, 0) is 56.7 Å². The molecule has 2 atom stereocenters. The molecule has 2 aromatic carbocycles. The first-order chi connectivity index (χ1) is 20.6. The first-order valence-corrected chi connectivity index (χ1v) is 14.1. The van der Waals surface area contributed by atoms with E-state index in [4.69, 9.17) is 0 Å². The Morgan fingerprint density at radius 3 is 2.57 bits per heavy atom. The Bertz CT molecular complexity index is 1830. The van der Waals surface area contributed by atoms with E-state index < -0.39 is 42.0 Å². The molecular weight excluding hydrogens is 658 g/mol. The van der Waals surface area contributed by atoms with E-state index >= 15 is 0 Å². The van der Waals surface area contributed by atoms with Crippen LogP contribution in [0, 0.1) is 0 Å². The van der Waals surface area contributed by atoms with E-state index in [1.807, 2.05) is 0 Å². The minimum Gasteiger partial charge on any atom is -0.349 e. The summed E-state index contributed by atoms with van der Waals surface area (Å²) in [6.07, 6.45) is -6.42. The summed E-state index contributed by atoms with van der Waals surface area (Å²) in [7, 11) is 0. The van der Waals surface area contributed by atoms with Crippen molar-refractivity contribution in [3.05, 3.63) is 92.6 Å². The molecule has 0 saturated heterocycles. The largest absolute Gasteiger partial charge is 0.417 e. The van der Waals surface area contributed by atoms with Crippen LogP contribution in [0.4, 0.5) is 32.3 Å². The number of amides is 1. The Hall–Kier alpha value is -4.14. The van der Waals surface area contributed by atoms with Crippen molar-refractivity contribution in [3.8, 4) is 5.69 Å². The highest BCUT2D eigenvalue weighted by Gasteiger charge is 2.36. The maximum absolute atomic E-state index is 14.0. The molecule has 15 heteroatoms. The third kappa shape index (κ3) is 6.10. The van der Waals surface area contributed by atoms with E-state index in [1.165, 1.54) is 33.7 Å². The number of anilines is 1. The molecule has 1 amide bonds. The average Bonchev–Trinajstić information content (AvgIpc) is 3.32. The maximum atomic E-state index is 14.0. The number of carbonyl (C=O) groups excluding carboxylic acids is 1. The fraction of sp³-hybridized carbons (Fsp3) is 0.310. The lowest BCUT2D eigenvalue weighted by Crippen LogP contribution is -2.46. The lowest BCUT2D eigenvalue weighted by atomic mass is 9.98. The fourth-order valence-electron chi connectivity index (χ4n) is 5.08. The summed E-state index contributed by atoms with van der Waals surface area (Å²) in [5, 5.41) is 3.08. The monoisotopic (exact) mass is 682 g/mol. The van der Waals surface area contributed by atoms with Crippen LogP contribution in [0.15, 0.2) is 64.6 Å². The van der Waals surface area contributed by atoms with Crippen LogP contribution in [-0.4, -0.2) is 48.2 Å². The van der Waals surface area contributed by atoms with E-state index in [0.717, 1.165) is 23.0 Å². The lowest BCUT2D eigenvalue weighted by molar-refractivity contribution is -0.140. The van der Waals surface area contributed by atoms with Gasteiger partial charge in [0.15, 0.2) is 0 Å². The van der Waals surface area contributed by atoms with Crippen molar-refractivity contribution in [1.29, 1.82) is 0 Å². The zero-order chi connectivity index (χ0) is 32.1. The van der Waals surface area contributed by atoms with Crippen LogP contribution >= 0.6 is 15.9 Å². The van der Waals surface area contributed by atoms with Gasteiger partial charge >= 0.3 is 12.4 Å². The second-order valence-electron chi connectivity index (χ2n) is 10.5. The smallest absolute Gasteiger partial charge is 0.349 e. The van der Waals surface area contributed by atoms with E-state index in [2.05, 4.69) is 37.8 Å². The molecule has 0 unspecified atom stereocenters.